The third kappa shape index (κ3) is 5.04. The molecule has 0 saturated carbocycles. The number of benzene rings is 8. The lowest BCUT2D eigenvalue weighted by Crippen LogP contribution is -2.50. The molecule has 9 rings (SSSR count). The van der Waals surface area contributed by atoms with E-state index < -0.39 is 0 Å². The largest absolute Gasteiger partial charge is 0.456 e. The predicted octanol–water partition coefficient (Wildman–Crippen LogP) is -1.37. The molecule has 242 valence electrons. The summed E-state index contributed by atoms with van der Waals surface area (Å²) in [6.07, 6.45) is 0. The summed E-state index contributed by atoms with van der Waals surface area (Å²) in [4.78, 5) is 0. The molecule has 0 spiro atoms. The summed E-state index contributed by atoms with van der Waals surface area (Å²) in [5, 5.41) is 7.74. The van der Waals surface area contributed by atoms with Crippen molar-refractivity contribution in [2.45, 2.75) is 0 Å². The maximum atomic E-state index is 6.50. The minimum Gasteiger partial charge on any atom is -0.456 e. The van der Waals surface area contributed by atoms with Crippen molar-refractivity contribution < 1.29 is 4.42 Å². The van der Waals surface area contributed by atoms with E-state index in [1.54, 1.807) is 0 Å². The molecule has 53 heavy (non-hydrogen) atoms. The van der Waals surface area contributed by atoms with E-state index in [0.29, 0.717) is 0 Å². The van der Waals surface area contributed by atoms with Crippen molar-refractivity contribution in [3.8, 4) is 44.5 Å². The normalized spacial score (nSPS) is 11.6. The molecule has 0 aliphatic carbocycles. The minimum absolute atomic E-state index is 0.926. The van der Waals surface area contributed by atoms with Gasteiger partial charge >= 0.3 is 0 Å². The number of hydrogen-bond donors (Lipinski definition) is 0. The van der Waals surface area contributed by atoms with E-state index in [1.165, 1.54) is 115 Å². The summed E-state index contributed by atoms with van der Waals surface area (Å²) in [5.41, 5.74) is 22.7. The van der Waals surface area contributed by atoms with Crippen LogP contribution in [0.2, 0.25) is 0 Å². The molecule has 0 fully saturated rings. The van der Waals surface area contributed by atoms with Crippen molar-refractivity contribution in [2.75, 3.05) is 0 Å². The van der Waals surface area contributed by atoms with Crippen LogP contribution in [0.15, 0.2) is 126 Å². The quantitative estimate of drug-likeness (QED) is 0.167. The highest BCUT2D eigenvalue weighted by molar-refractivity contribution is 6.71. The van der Waals surface area contributed by atoms with Gasteiger partial charge in [-0.1, -0.05) is 131 Å². The van der Waals surface area contributed by atoms with Gasteiger partial charge in [0.05, 0.1) is 0 Å². The molecule has 0 amide bonds. The molecule has 8 aromatic carbocycles. The molecular weight excluding hydrogens is 631 g/mol. The lowest BCUT2D eigenvalue weighted by Gasteiger charge is -2.28. The Bertz CT molecular complexity index is 2870. The molecule has 0 atom stereocenters. The van der Waals surface area contributed by atoms with Crippen molar-refractivity contribution >= 4 is 150 Å². The molecular formula is C44H36B8O. The van der Waals surface area contributed by atoms with Crippen LogP contribution in [-0.2, 0) is 0 Å². The monoisotopic (exact) mass is 668 g/mol. The van der Waals surface area contributed by atoms with Gasteiger partial charge in [0, 0.05) is 10.8 Å². The van der Waals surface area contributed by atoms with Gasteiger partial charge in [0.2, 0.25) is 0 Å². The van der Waals surface area contributed by atoms with E-state index in [0.717, 1.165) is 16.6 Å². The second-order valence-electron chi connectivity index (χ2n) is 15.0. The van der Waals surface area contributed by atoms with Gasteiger partial charge < -0.3 is 4.42 Å². The molecule has 0 bridgehead atoms. The lowest BCUT2D eigenvalue weighted by atomic mass is 9.59. The highest BCUT2D eigenvalue weighted by atomic mass is 16.3. The Morgan fingerprint density at radius 2 is 0.679 bits per heavy atom. The van der Waals surface area contributed by atoms with E-state index in [9.17, 15) is 0 Å². The zero-order chi connectivity index (χ0) is 36.7. The Labute approximate surface area is 318 Å². The molecule has 9 heteroatoms. The molecule has 0 N–H and O–H groups in total. The average molecular weight is 667 g/mol. The van der Waals surface area contributed by atoms with Crippen LogP contribution in [0.3, 0.4) is 0 Å². The first-order valence-corrected chi connectivity index (χ1v) is 18.8. The number of furan rings is 1. The van der Waals surface area contributed by atoms with Crippen LogP contribution in [-0.4, -0.2) is 62.8 Å². The predicted molar refractivity (Wildman–Crippen MR) is 256 cm³/mol. The van der Waals surface area contributed by atoms with Gasteiger partial charge in [-0.25, -0.2) is 0 Å². The first-order valence-electron chi connectivity index (χ1n) is 18.8. The van der Waals surface area contributed by atoms with E-state index in [4.69, 9.17) is 4.42 Å². The van der Waals surface area contributed by atoms with Crippen LogP contribution in [0.4, 0.5) is 0 Å². The first kappa shape index (κ1) is 33.4. The number of para-hydroxylation sites is 1. The lowest BCUT2D eigenvalue weighted by molar-refractivity contribution is 0.669. The van der Waals surface area contributed by atoms with E-state index >= 15 is 0 Å². The molecule has 0 aliphatic heterocycles. The molecule has 9 aromatic rings. The fourth-order valence-corrected chi connectivity index (χ4v) is 8.98. The standard InChI is InChI=1S/C44H36B8O/c45-37-33-30(25-19-17-24(18-20-25)23-15-13-22(14-16-23)21-7-2-1-3-8-21)34-36(40(48)44(52)42(50)38(34)46)32(35(33)39(47)43(51)41(37)49)27-10-6-12-29-31(27)26-9-4-5-11-28(26)53-29/h1-20H,45-52H2. The smallest absolute Gasteiger partial charge is 0.139 e. The topological polar surface area (TPSA) is 13.1 Å². The molecule has 0 unspecified atom stereocenters. The number of fused-ring (bicyclic) bond motifs is 5. The van der Waals surface area contributed by atoms with Crippen molar-refractivity contribution in [3.05, 3.63) is 121 Å². The van der Waals surface area contributed by atoms with Gasteiger partial charge in [-0.05, 0) is 78.2 Å². The van der Waals surface area contributed by atoms with Gasteiger partial charge in [0.25, 0.3) is 0 Å². The van der Waals surface area contributed by atoms with Gasteiger partial charge in [0.1, 0.15) is 73.9 Å². The molecule has 0 aliphatic rings. The van der Waals surface area contributed by atoms with Crippen LogP contribution < -0.4 is 43.7 Å². The summed E-state index contributed by atoms with van der Waals surface area (Å²) in [5.74, 6) is 0. The number of rotatable bonds is 4. The highest BCUT2D eigenvalue weighted by Gasteiger charge is 2.26. The van der Waals surface area contributed by atoms with Gasteiger partial charge in [-0.3, -0.25) is 0 Å². The number of hydrogen-bond acceptors (Lipinski definition) is 1. The zero-order valence-electron chi connectivity index (χ0n) is 32.0. The van der Waals surface area contributed by atoms with E-state index in [2.05, 4.69) is 184 Å². The maximum Gasteiger partial charge on any atom is 0.139 e. The molecule has 1 nitrogen and oxygen atoms in total. The third-order valence-corrected chi connectivity index (χ3v) is 12.5. The summed E-state index contributed by atoms with van der Waals surface area (Å²) < 4.78 is 6.50. The van der Waals surface area contributed by atoms with Crippen LogP contribution in [0.1, 0.15) is 0 Å². The third-order valence-electron chi connectivity index (χ3n) is 12.5. The van der Waals surface area contributed by atoms with Crippen LogP contribution >= 0.6 is 0 Å². The van der Waals surface area contributed by atoms with Crippen LogP contribution in [0.5, 0.6) is 0 Å². The van der Waals surface area contributed by atoms with Gasteiger partial charge in [-0.2, -0.15) is 0 Å². The summed E-state index contributed by atoms with van der Waals surface area (Å²) in [7, 11) is 18.5. The summed E-state index contributed by atoms with van der Waals surface area (Å²) >= 11 is 0. The fraction of sp³-hybridized carbons (Fsp3) is 0. The maximum absolute atomic E-state index is 6.50. The fourth-order valence-electron chi connectivity index (χ4n) is 8.98. The Balaban J connectivity index is 1.38. The van der Waals surface area contributed by atoms with Crippen molar-refractivity contribution in [3.63, 3.8) is 0 Å². The second-order valence-corrected chi connectivity index (χ2v) is 15.0. The average Bonchev–Trinajstić information content (AvgIpc) is 3.59. The second kappa shape index (κ2) is 12.6. The highest BCUT2D eigenvalue weighted by Crippen LogP contribution is 2.45. The molecule has 0 saturated heterocycles. The summed E-state index contributed by atoms with van der Waals surface area (Å²) in [6.45, 7) is 0. The summed E-state index contributed by atoms with van der Waals surface area (Å²) in [6, 6.07) is 44.0. The van der Waals surface area contributed by atoms with E-state index in [-0.39, 0.29) is 0 Å². The Morgan fingerprint density at radius 1 is 0.283 bits per heavy atom. The van der Waals surface area contributed by atoms with Crippen molar-refractivity contribution in [1.82, 2.24) is 0 Å². The SMILES string of the molecule is Bc1c(B)c(B)c2c(-c3cccc4oc5ccccc5c34)c3c(B)c(B)c(B)c(B)c3c(-c3ccc(-c4ccc(-c5ccccc5)cc4)cc3)c2c1B. The van der Waals surface area contributed by atoms with Crippen LogP contribution in [0, 0.1) is 0 Å². The Hall–Kier alpha value is -5.40. The minimum atomic E-state index is 0.926. The van der Waals surface area contributed by atoms with Gasteiger partial charge in [0.15, 0.2) is 0 Å². The molecule has 1 aromatic heterocycles. The van der Waals surface area contributed by atoms with E-state index in [1.807, 2.05) is 0 Å². The zero-order valence-corrected chi connectivity index (χ0v) is 32.0. The van der Waals surface area contributed by atoms with Crippen LogP contribution in [0.25, 0.3) is 88.0 Å². The van der Waals surface area contributed by atoms with Gasteiger partial charge in [-0.15, -0.1) is 21.9 Å². The molecule has 0 radical (unpaired) electrons. The molecule has 1 heterocycles. The van der Waals surface area contributed by atoms with Crippen molar-refractivity contribution in [2.24, 2.45) is 0 Å². The van der Waals surface area contributed by atoms with Crippen molar-refractivity contribution in [1.29, 1.82) is 0 Å². The Morgan fingerprint density at radius 3 is 1.19 bits per heavy atom. The first-order chi connectivity index (χ1) is 25.7. The Kier molecular flexibility index (Phi) is 7.97.